The third kappa shape index (κ3) is 44.0. The molecular formula is C49H80NO7P. The Bertz CT molecular complexity index is 1290. The van der Waals surface area contributed by atoms with Crippen LogP contribution in [0.25, 0.3) is 0 Å². The second-order valence-electron chi connectivity index (χ2n) is 13.8. The van der Waals surface area contributed by atoms with Gasteiger partial charge in [0.2, 0.25) is 0 Å². The maximum absolute atomic E-state index is 12.6. The monoisotopic (exact) mass is 826 g/mol. The number of carbonyl (C=O) groups excluding carboxylic acids is 1. The molecule has 0 amide bonds. The Hall–Kier alpha value is -3.10. The third-order valence-electron chi connectivity index (χ3n) is 8.37. The highest BCUT2D eigenvalue weighted by molar-refractivity contribution is 7.47. The van der Waals surface area contributed by atoms with Gasteiger partial charge in [0.1, 0.15) is 6.10 Å². The predicted octanol–water partition coefficient (Wildman–Crippen LogP) is 13.4. The summed E-state index contributed by atoms with van der Waals surface area (Å²) in [4.78, 5) is 22.5. The minimum atomic E-state index is -4.30. The highest BCUT2D eigenvalue weighted by Crippen LogP contribution is 2.43. The number of phosphoric ester groups is 1. The highest BCUT2D eigenvalue weighted by Gasteiger charge is 2.25. The van der Waals surface area contributed by atoms with E-state index >= 15 is 0 Å². The smallest absolute Gasteiger partial charge is 0.457 e. The standard InChI is InChI=1S/C49H80NO7P/c1-3-5-7-9-11-13-15-17-19-20-21-22-23-24-25-26-27-28-29-30-32-34-36-38-40-42-49(51)57-48(47-56-58(52,53)55-45-43-50)46-54-44-41-39-37-35-33-31-18-16-14-12-10-8-6-4-2/h5-8,11-14,17-19,21-22,24-25,27-28,30-32,48H,3-4,9-10,15-16,20,23,26,29,33-47,50H2,1-2H3,(H,52,53)/b7-5-,8-6-,13-11-,14-12-,19-17-,22-21-,25-24-,28-27-,31-18-,32-30-. The van der Waals surface area contributed by atoms with Gasteiger partial charge in [-0.1, -0.05) is 155 Å². The van der Waals surface area contributed by atoms with Crippen LogP contribution in [0.1, 0.15) is 142 Å². The molecule has 0 heterocycles. The zero-order valence-electron chi connectivity index (χ0n) is 36.2. The van der Waals surface area contributed by atoms with Gasteiger partial charge in [-0.25, -0.2) is 4.57 Å². The van der Waals surface area contributed by atoms with Gasteiger partial charge in [0.25, 0.3) is 0 Å². The van der Waals surface area contributed by atoms with Crippen molar-refractivity contribution in [1.29, 1.82) is 0 Å². The maximum atomic E-state index is 12.6. The first-order valence-electron chi connectivity index (χ1n) is 22.0. The van der Waals surface area contributed by atoms with Crippen LogP contribution in [0.5, 0.6) is 0 Å². The lowest BCUT2D eigenvalue weighted by molar-refractivity contribution is -0.154. The lowest BCUT2D eigenvalue weighted by atomic mass is 10.1. The molecule has 0 aromatic carbocycles. The van der Waals surface area contributed by atoms with Gasteiger partial charge < -0.3 is 20.1 Å². The Balaban J connectivity index is 4.16. The van der Waals surface area contributed by atoms with Crippen LogP contribution in [-0.4, -0.2) is 49.9 Å². The Kier molecular flexibility index (Phi) is 42.6. The van der Waals surface area contributed by atoms with E-state index in [1.807, 2.05) is 0 Å². The minimum absolute atomic E-state index is 0.0781. The Labute approximate surface area is 354 Å². The van der Waals surface area contributed by atoms with Crippen LogP contribution < -0.4 is 5.73 Å². The number of rotatable bonds is 40. The number of unbranched alkanes of at least 4 members (excludes halogenated alkanes) is 7. The van der Waals surface area contributed by atoms with E-state index in [9.17, 15) is 14.3 Å². The number of ether oxygens (including phenoxy) is 2. The van der Waals surface area contributed by atoms with Gasteiger partial charge in [0.05, 0.1) is 19.8 Å². The van der Waals surface area contributed by atoms with Crippen molar-refractivity contribution in [3.63, 3.8) is 0 Å². The van der Waals surface area contributed by atoms with Crippen molar-refractivity contribution in [1.82, 2.24) is 0 Å². The van der Waals surface area contributed by atoms with Crippen LogP contribution in [-0.2, 0) is 27.9 Å². The second kappa shape index (κ2) is 45.0. The molecule has 0 spiro atoms. The van der Waals surface area contributed by atoms with Gasteiger partial charge in [-0.2, -0.15) is 0 Å². The molecule has 0 rings (SSSR count). The first-order chi connectivity index (χ1) is 28.4. The molecular weight excluding hydrogens is 746 g/mol. The van der Waals surface area contributed by atoms with Crippen LogP contribution in [0.2, 0.25) is 0 Å². The van der Waals surface area contributed by atoms with E-state index in [0.29, 0.717) is 13.0 Å². The average Bonchev–Trinajstić information content (AvgIpc) is 3.21. The van der Waals surface area contributed by atoms with E-state index in [1.54, 1.807) is 0 Å². The Morgan fingerprint density at radius 3 is 1.34 bits per heavy atom. The molecule has 0 aromatic rings. The number of hydrogen-bond donors (Lipinski definition) is 2. The lowest BCUT2D eigenvalue weighted by Crippen LogP contribution is -2.28. The Morgan fingerprint density at radius 2 is 0.914 bits per heavy atom. The minimum Gasteiger partial charge on any atom is -0.457 e. The van der Waals surface area contributed by atoms with Gasteiger partial charge >= 0.3 is 13.8 Å². The number of carbonyl (C=O) groups is 1. The van der Waals surface area contributed by atoms with Crippen LogP contribution in [0, 0.1) is 0 Å². The van der Waals surface area contributed by atoms with Crippen LogP contribution >= 0.6 is 7.82 Å². The molecule has 0 aliphatic heterocycles. The van der Waals surface area contributed by atoms with Crippen molar-refractivity contribution < 1.29 is 32.8 Å². The summed E-state index contributed by atoms with van der Waals surface area (Å²) in [5, 5.41) is 0. The number of nitrogens with two attached hydrogens (primary N) is 1. The normalized spacial score (nSPS) is 14.6. The summed E-state index contributed by atoms with van der Waals surface area (Å²) in [6.07, 6.45) is 62.2. The second-order valence-corrected chi connectivity index (χ2v) is 15.2. The molecule has 0 aliphatic rings. The topological polar surface area (TPSA) is 117 Å². The molecule has 328 valence electrons. The summed E-state index contributed by atoms with van der Waals surface area (Å²) in [6.45, 7) is 4.55. The van der Waals surface area contributed by atoms with Crippen molar-refractivity contribution in [2.75, 3.05) is 33.0 Å². The molecule has 0 aromatic heterocycles. The van der Waals surface area contributed by atoms with Gasteiger partial charge in [-0.15, -0.1) is 0 Å². The number of esters is 1. The van der Waals surface area contributed by atoms with E-state index in [2.05, 4.69) is 135 Å². The van der Waals surface area contributed by atoms with Crippen molar-refractivity contribution in [3.05, 3.63) is 122 Å². The summed E-state index contributed by atoms with van der Waals surface area (Å²) in [7, 11) is -4.30. The molecule has 9 heteroatoms. The molecule has 58 heavy (non-hydrogen) atoms. The van der Waals surface area contributed by atoms with Crippen molar-refractivity contribution in [2.45, 2.75) is 148 Å². The molecule has 2 atom stereocenters. The molecule has 0 saturated carbocycles. The Morgan fingerprint density at radius 1 is 0.517 bits per heavy atom. The number of hydrogen-bond acceptors (Lipinski definition) is 7. The van der Waals surface area contributed by atoms with E-state index in [1.165, 1.54) is 0 Å². The predicted molar refractivity (Wildman–Crippen MR) is 247 cm³/mol. The molecule has 8 nitrogen and oxygen atoms in total. The fourth-order valence-electron chi connectivity index (χ4n) is 5.22. The van der Waals surface area contributed by atoms with E-state index < -0.39 is 13.9 Å². The lowest BCUT2D eigenvalue weighted by Gasteiger charge is -2.20. The van der Waals surface area contributed by atoms with Crippen LogP contribution in [0.3, 0.4) is 0 Å². The quantitative estimate of drug-likeness (QED) is 0.0271. The van der Waals surface area contributed by atoms with Crippen molar-refractivity contribution >= 4 is 13.8 Å². The molecule has 2 unspecified atom stereocenters. The summed E-state index contributed by atoms with van der Waals surface area (Å²) in [5.74, 6) is -0.377. The molecule has 0 saturated heterocycles. The maximum Gasteiger partial charge on any atom is 0.472 e. The number of phosphoric acid groups is 1. The first-order valence-corrected chi connectivity index (χ1v) is 23.5. The van der Waals surface area contributed by atoms with E-state index in [4.69, 9.17) is 24.3 Å². The molecule has 0 bridgehead atoms. The average molecular weight is 826 g/mol. The van der Waals surface area contributed by atoms with Gasteiger partial charge in [0.15, 0.2) is 0 Å². The van der Waals surface area contributed by atoms with Crippen LogP contribution in [0.4, 0.5) is 0 Å². The molecule has 3 N–H and O–H groups in total. The van der Waals surface area contributed by atoms with Crippen LogP contribution in [0.15, 0.2) is 122 Å². The fraction of sp³-hybridized carbons (Fsp3) is 0.571. The van der Waals surface area contributed by atoms with Crippen molar-refractivity contribution in [3.8, 4) is 0 Å². The number of allylic oxidation sites excluding steroid dienone is 20. The van der Waals surface area contributed by atoms with Gasteiger partial charge in [-0.3, -0.25) is 13.8 Å². The summed E-state index contributed by atoms with van der Waals surface area (Å²) in [6, 6.07) is 0. The zero-order valence-corrected chi connectivity index (χ0v) is 37.1. The van der Waals surface area contributed by atoms with Crippen molar-refractivity contribution in [2.24, 2.45) is 5.73 Å². The molecule has 0 aliphatic carbocycles. The van der Waals surface area contributed by atoms with Gasteiger partial charge in [0, 0.05) is 19.6 Å². The van der Waals surface area contributed by atoms with Gasteiger partial charge in [-0.05, 0) is 103 Å². The SMILES string of the molecule is CC/C=C\C/C=C\C/C=C\C/C=C\C/C=C\C/C=C\C/C=C\CCCCCC(=O)OC(COCCCCCC/C=C\C/C=C\C/C=C\CC)COP(=O)(O)OCCN. The van der Waals surface area contributed by atoms with E-state index in [0.717, 1.165) is 116 Å². The van der Waals surface area contributed by atoms with E-state index in [-0.39, 0.29) is 38.8 Å². The summed E-state index contributed by atoms with van der Waals surface area (Å²) >= 11 is 0. The summed E-state index contributed by atoms with van der Waals surface area (Å²) < 4.78 is 33.4. The summed E-state index contributed by atoms with van der Waals surface area (Å²) in [5.41, 5.74) is 5.36. The highest BCUT2D eigenvalue weighted by atomic mass is 31.2. The largest absolute Gasteiger partial charge is 0.472 e. The fourth-order valence-corrected chi connectivity index (χ4v) is 5.99. The first kappa shape index (κ1) is 54.9. The molecule has 0 fully saturated rings. The molecule has 0 radical (unpaired) electrons. The zero-order chi connectivity index (χ0) is 42.3. The third-order valence-corrected chi connectivity index (χ3v) is 9.36.